The van der Waals surface area contributed by atoms with E-state index in [1.54, 1.807) is 24.3 Å². The summed E-state index contributed by atoms with van der Waals surface area (Å²) in [6.45, 7) is 1.82. The van der Waals surface area contributed by atoms with Crippen LogP contribution in [0, 0.1) is 18.3 Å². The SMILES string of the molecule is Cc1cccc(Nc2ccc(Cl)cc2C(=O)O)c1C#N. The average molecular weight is 287 g/mol. The van der Waals surface area contributed by atoms with E-state index in [9.17, 15) is 15.2 Å². The lowest BCUT2D eigenvalue weighted by Crippen LogP contribution is -2.04. The van der Waals surface area contributed by atoms with Gasteiger partial charge in [-0.25, -0.2) is 4.79 Å². The molecule has 0 aliphatic heterocycles. The largest absolute Gasteiger partial charge is 0.478 e. The molecule has 0 bridgehead atoms. The van der Waals surface area contributed by atoms with Crippen LogP contribution < -0.4 is 5.32 Å². The lowest BCUT2D eigenvalue weighted by atomic mass is 10.1. The van der Waals surface area contributed by atoms with Crippen LogP contribution in [-0.2, 0) is 0 Å². The minimum absolute atomic E-state index is 0.0582. The van der Waals surface area contributed by atoms with Crippen molar-refractivity contribution in [1.82, 2.24) is 0 Å². The van der Waals surface area contributed by atoms with Crippen molar-refractivity contribution in [2.24, 2.45) is 0 Å². The molecule has 0 saturated carbocycles. The Kier molecular flexibility index (Phi) is 3.92. The predicted octanol–water partition coefficient (Wildman–Crippen LogP) is 3.96. The molecule has 0 radical (unpaired) electrons. The Hall–Kier alpha value is -2.51. The number of carbonyl (C=O) groups is 1. The smallest absolute Gasteiger partial charge is 0.337 e. The molecule has 2 aromatic rings. The maximum atomic E-state index is 11.2. The second-order valence-corrected chi connectivity index (χ2v) is 4.67. The molecular weight excluding hydrogens is 276 g/mol. The van der Waals surface area contributed by atoms with E-state index in [1.807, 2.05) is 13.0 Å². The number of hydrogen-bond donors (Lipinski definition) is 2. The van der Waals surface area contributed by atoms with E-state index in [4.69, 9.17) is 11.6 Å². The van der Waals surface area contributed by atoms with Crippen molar-refractivity contribution < 1.29 is 9.90 Å². The second-order valence-electron chi connectivity index (χ2n) is 4.23. The van der Waals surface area contributed by atoms with E-state index >= 15 is 0 Å². The molecule has 0 heterocycles. The van der Waals surface area contributed by atoms with Gasteiger partial charge in [0.15, 0.2) is 0 Å². The second kappa shape index (κ2) is 5.64. The Morgan fingerprint density at radius 1 is 1.30 bits per heavy atom. The first-order valence-corrected chi connectivity index (χ1v) is 6.20. The maximum absolute atomic E-state index is 11.2. The number of nitriles is 1. The number of aryl methyl sites for hydroxylation is 1. The number of hydrogen-bond acceptors (Lipinski definition) is 3. The molecule has 2 N–H and O–H groups in total. The molecule has 100 valence electrons. The molecule has 5 heteroatoms. The number of halogens is 1. The molecule has 0 unspecified atom stereocenters. The molecule has 0 atom stereocenters. The van der Waals surface area contributed by atoms with E-state index in [-0.39, 0.29) is 5.56 Å². The summed E-state index contributed by atoms with van der Waals surface area (Å²) in [7, 11) is 0. The van der Waals surface area contributed by atoms with E-state index in [1.165, 1.54) is 6.07 Å². The maximum Gasteiger partial charge on any atom is 0.337 e. The third-order valence-electron chi connectivity index (χ3n) is 2.87. The summed E-state index contributed by atoms with van der Waals surface area (Å²) >= 11 is 5.80. The Morgan fingerprint density at radius 2 is 2.05 bits per heavy atom. The normalized spacial score (nSPS) is 9.85. The molecule has 2 rings (SSSR count). The van der Waals surface area contributed by atoms with E-state index in [0.717, 1.165) is 5.56 Å². The van der Waals surface area contributed by atoms with Gasteiger partial charge in [-0.2, -0.15) is 5.26 Å². The standard InChI is InChI=1S/C15H11ClN2O2/c1-9-3-2-4-13(12(9)8-17)18-14-6-5-10(16)7-11(14)15(19)20/h2-7,18H,1H3,(H,19,20). The Labute approximate surface area is 121 Å². The minimum atomic E-state index is -1.08. The summed E-state index contributed by atoms with van der Waals surface area (Å²) in [6.07, 6.45) is 0. The molecule has 20 heavy (non-hydrogen) atoms. The zero-order valence-electron chi connectivity index (χ0n) is 10.6. The van der Waals surface area contributed by atoms with Gasteiger partial charge in [0.2, 0.25) is 0 Å². The number of benzene rings is 2. The van der Waals surface area contributed by atoms with Crippen molar-refractivity contribution in [2.45, 2.75) is 6.92 Å². The molecule has 2 aromatic carbocycles. The van der Waals surface area contributed by atoms with Crippen molar-refractivity contribution >= 4 is 28.9 Å². The van der Waals surface area contributed by atoms with Crippen LogP contribution in [0.15, 0.2) is 36.4 Å². The van der Waals surface area contributed by atoms with Crippen molar-refractivity contribution in [2.75, 3.05) is 5.32 Å². The number of carboxylic acid groups (broad SMARTS) is 1. The fourth-order valence-corrected chi connectivity index (χ4v) is 2.04. The zero-order valence-corrected chi connectivity index (χ0v) is 11.4. The van der Waals surface area contributed by atoms with Gasteiger partial charge in [-0.1, -0.05) is 23.7 Å². The summed E-state index contributed by atoms with van der Waals surface area (Å²) in [4.78, 5) is 11.2. The van der Waals surface area contributed by atoms with Gasteiger partial charge >= 0.3 is 5.97 Å². The first-order valence-electron chi connectivity index (χ1n) is 5.82. The number of anilines is 2. The topological polar surface area (TPSA) is 73.1 Å². The molecule has 0 fully saturated rings. The Bertz CT molecular complexity index is 720. The number of aromatic carboxylic acids is 1. The first kappa shape index (κ1) is 13.9. The van der Waals surface area contributed by atoms with Gasteiger partial charge in [0.05, 0.1) is 22.5 Å². The Balaban J connectivity index is 2.49. The third-order valence-corrected chi connectivity index (χ3v) is 3.10. The lowest BCUT2D eigenvalue weighted by Gasteiger charge is -2.12. The average Bonchev–Trinajstić information content (AvgIpc) is 2.41. The third kappa shape index (κ3) is 2.73. The van der Waals surface area contributed by atoms with Gasteiger partial charge in [0, 0.05) is 5.02 Å². The van der Waals surface area contributed by atoms with Gasteiger partial charge in [0.1, 0.15) is 6.07 Å². The summed E-state index contributed by atoms with van der Waals surface area (Å²) in [5.74, 6) is -1.08. The van der Waals surface area contributed by atoms with Gasteiger partial charge in [-0.15, -0.1) is 0 Å². The molecule has 0 aliphatic rings. The lowest BCUT2D eigenvalue weighted by molar-refractivity contribution is 0.0698. The van der Waals surface area contributed by atoms with Crippen LogP contribution in [-0.4, -0.2) is 11.1 Å². The molecular formula is C15H11ClN2O2. The Morgan fingerprint density at radius 3 is 2.70 bits per heavy atom. The predicted molar refractivity (Wildman–Crippen MR) is 77.6 cm³/mol. The van der Waals surface area contributed by atoms with E-state index in [2.05, 4.69) is 11.4 Å². The van der Waals surface area contributed by atoms with E-state index in [0.29, 0.717) is 22.0 Å². The molecule has 0 amide bonds. The van der Waals surface area contributed by atoms with Crippen LogP contribution in [0.3, 0.4) is 0 Å². The fourth-order valence-electron chi connectivity index (χ4n) is 1.87. The van der Waals surface area contributed by atoms with Crippen LogP contribution in [0.4, 0.5) is 11.4 Å². The van der Waals surface area contributed by atoms with Crippen molar-refractivity contribution in [3.63, 3.8) is 0 Å². The van der Waals surface area contributed by atoms with E-state index < -0.39 is 5.97 Å². The highest BCUT2D eigenvalue weighted by Gasteiger charge is 2.13. The molecule has 0 aromatic heterocycles. The van der Waals surface area contributed by atoms with Crippen molar-refractivity contribution in [3.05, 3.63) is 58.1 Å². The number of nitrogens with one attached hydrogen (secondary N) is 1. The van der Waals surface area contributed by atoms with Crippen molar-refractivity contribution in [3.8, 4) is 6.07 Å². The number of carboxylic acids is 1. The highest BCUT2D eigenvalue weighted by molar-refractivity contribution is 6.31. The number of rotatable bonds is 3. The fraction of sp³-hybridized carbons (Fsp3) is 0.0667. The summed E-state index contributed by atoms with van der Waals surface area (Å²) in [6, 6.07) is 12.0. The monoisotopic (exact) mass is 286 g/mol. The summed E-state index contributed by atoms with van der Waals surface area (Å²) in [5.41, 5.74) is 2.33. The highest BCUT2D eigenvalue weighted by Crippen LogP contribution is 2.27. The summed E-state index contributed by atoms with van der Waals surface area (Å²) < 4.78 is 0. The minimum Gasteiger partial charge on any atom is -0.478 e. The van der Waals surface area contributed by atoms with Crippen molar-refractivity contribution in [1.29, 1.82) is 5.26 Å². The van der Waals surface area contributed by atoms with Crippen LogP contribution in [0.2, 0.25) is 5.02 Å². The van der Waals surface area contributed by atoms with Gasteiger partial charge in [0.25, 0.3) is 0 Å². The van der Waals surface area contributed by atoms with Crippen LogP contribution in [0.25, 0.3) is 0 Å². The molecule has 4 nitrogen and oxygen atoms in total. The van der Waals surface area contributed by atoms with Crippen LogP contribution in [0.1, 0.15) is 21.5 Å². The number of nitrogens with zero attached hydrogens (tertiary/aromatic N) is 1. The molecule has 0 saturated heterocycles. The molecule has 0 aliphatic carbocycles. The summed E-state index contributed by atoms with van der Waals surface area (Å²) in [5, 5.41) is 21.7. The highest BCUT2D eigenvalue weighted by atomic mass is 35.5. The molecule has 0 spiro atoms. The van der Waals surface area contributed by atoms with Gasteiger partial charge in [-0.3, -0.25) is 0 Å². The quantitative estimate of drug-likeness (QED) is 0.895. The van der Waals surface area contributed by atoms with Crippen LogP contribution >= 0.6 is 11.6 Å². The van der Waals surface area contributed by atoms with Gasteiger partial charge in [-0.05, 0) is 36.8 Å². The van der Waals surface area contributed by atoms with Gasteiger partial charge < -0.3 is 10.4 Å². The zero-order chi connectivity index (χ0) is 14.7. The van der Waals surface area contributed by atoms with Crippen LogP contribution in [0.5, 0.6) is 0 Å². The first-order chi connectivity index (χ1) is 9.52.